The number of carboxylic acids is 2. The average molecular weight is 487 g/mol. The van der Waals surface area contributed by atoms with Crippen molar-refractivity contribution < 1.29 is 24.5 Å². The second-order valence-electron chi connectivity index (χ2n) is 5.33. The molecule has 0 aliphatic carbocycles. The number of hydrogen-bond acceptors (Lipinski definition) is 9. The predicted octanol–water partition coefficient (Wildman–Crippen LogP) is 0.107. The summed E-state index contributed by atoms with van der Waals surface area (Å²) in [6.45, 7) is 1.75. The number of guanidine groups is 2. The van der Waals surface area contributed by atoms with E-state index in [1.54, 1.807) is 32.1 Å². The molecule has 1 rings (SSSR count). The van der Waals surface area contributed by atoms with Gasteiger partial charge in [0.2, 0.25) is 12.2 Å². The SMILES string of the molecule is CNC(=NC#N)NCCSCc1csc(NC(N)=NCCOC)n1.O=C(O)C=CC(=O)O. The van der Waals surface area contributed by atoms with Gasteiger partial charge in [0.1, 0.15) is 0 Å². The number of aliphatic carboxylic acids is 2. The molecular weight excluding hydrogens is 460 g/mol. The summed E-state index contributed by atoms with van der Waals surface area (Å²) in [5.41, 5.74) is 6.74. The highest BCUT2D eigenvalue weighted by Crippen LogP contribution is 2.19. The van der Waals surface area contributed by atoms with E-state index < -0.39 is 11.9 Å². The number of thioether (sulfide) groups is 1. The van der Waals surface area contributed by atoms with E-state index in [-0.39, 0.29) is 0 Å². The van der Waals surface area contributed by atoms with Gasteiger partial charge < -0.3 is 36.6 Å². The van der Waals surface area contributed by atoms with Crippen molar-refractivity contribution in [3.8, 4) is 6.19 Å². The molecule has 0 aliphatic rings. The minimum absolute atomic E-state index is 0.334. The largest absolute Gasteiger partial charge is 0.478 e. The molecule has 13 nitrogen and oxygen atoms in total. The maximum Gasteiger partial charge on any atom is 0.328 e. The number of nitrogens with one attached hydrogen (secondary N) is 3. The molecule has 1 aromatic heterocycles. The topological polar surface area (TPSA) is 207 Å². The Morgan fingerprint density at radius 1 is 1.41 bits per heavy atom. The number of ether oxygens (including phenoxy) is 1. The Balaban J connectivity index is 0.00000102. The summed E-state index contributed by atoms with van der Waals surface area (Å²) in [4.78, 5) is 31.3. The Bertz CT molecular complexity index is 819. The standard InChI is InChI=1S/C13H22N8OS2.C4H4O4/c1-16-12(19-9-14)18-4-6-23-7-10-8-24-13(20-10)21-11(15)17-3-5-22-2;5-3(6)1-2-4(7)8/h8H,3-7H2,1-2H3,(H2,16,18,19)(H3,15,17,20,21);1-2H,(H,5,6)(H,7,8). The van der Waals surface area contributed by atoms with Gasteiger partial charge >= 0.3 is 11.9 Å². The number of carboxylic acid groups (broad SMARTS) is 2. The molecule has 0 atom stereocenters. The van der Waals surface area contributed by atoms with Crippen LogP contribution >= 0.6 is 23.1 Å². The van der Waals surface area contributed by atoms with Gasteiger partial charge in [-0.3, -0.25) is 4.99 Å². The Kier molecular flexibility index (Phi) is 16.5. The fraction of sp³-hybridized carbons (Fsp3) is 0.412. The molecule has 0 unspecified atom stereocenters. The van der Waals surface area contributed by atoms with Crippen LogP contribution < -0.4 is 21.7 Å². The third-order valence-corrected chi connectivity index (χ3v) is 4.72. The lowest BCUT2D eigenvalue weighted by atomic mass is 10.5. The van der Waals surface area contributed by atoms with Gasteiger partial charge in [0, 0.05) is 49.7 Å². The van der Waals surface area contributed by atoms with E-state index in [1.165, 1.54) is 11.3 Å². The highest BCUT2D eigenvalue weighted by Gasteiger charge is 2.03. The number of nitriles is 1. The molecule has 0 spiro atoms. The summed E-state index contributed by atoms with van der Waals surface area (Å²) >= 11 is 3.22. The fourth-order valence-electron chi connectivity index (χ4n) is 1.63. The zero-order valence-electron chi connectivity index (χ0n) is 17.6. The zero-order valence-corrected chi connectivity index (χ0v) is 19.2. The lowest BCUT2D eigenvalue weighted by Crippen LogP contribution is -2.35. The number of hydrogen-bond donors (Lipinski definition) is 6. The van der Waals surface area contributed by atoms with Gasteiger partial charge in [-0.15, -0.1) is 16.3 Å². The molecule has 15 heteroatoms. The first-order chi connectivity index (χ1) is 15.3. The van der Waals surface area contributed by atoms with E-state index >= 15 is 0 Å². The Morgan fingerprint density at radius 3 is 2.66 bits per heavy atom. The van der Waals surface area contributed by atoms with Crippen LogP contribution in [0.1, 0.15) is 5.69 Å². The van der Waals surface area contributed by atoms with Crippen LogP contribution in [0.2, 0.25) is 0 Å². The zero-order chi connectivity index (χ0) is 24.2. The third-order valence-electron chi connectivity index (χ3n) is 2.92. The highest BCUT2D eigenvalue weighted by atomic mass is 32.2. The van der Waals surface area contributed by atoms with Crippen LogP contribution in [0.15, 0.2) is 27.5 Å². The summed E-state index contributed by atoms with van der Waals surface area (Å²) in [6.07, 6.45) is 2.85. The molecule has 0 aliphatic heterocycles. The van der Waals surface area contributed by atoms with Crippen LogP contribution in [0.25, 0.3) is 0 Å². The molecule has 1 heterocycles. The molecule has 7 N–H and O–H groups in total. The highest BCUT2D eigenvalue weighted by molar-refractivity contribution is 7.98. The van der Waals surface area contributed by atoms with Crippen LogP contribution in [0.4, 0.5) is 5.13 Å². The van der Waals surface area contributed by atoms with Gasteiger partial charge in [0.05, 0.1) is 18.8 Å². The molecule has 0 fully saturated rings. The number of carbonyl (C=O) groups is 2. The number of aromatic nitrogens is 1. The monoisotopic (exact) mass is 486 g/mol. The van der Waals surface area contributed by atoms with Crippen molar-refractivity contribution in [3.63, 3.8) is 0 Å². The Labute approximate surface area is 193 Å². The second-order valence-corrected chi connectivity index (χ2v) is 7.29. The normalized spacial score (nSPS) is 11.3. The molecule has 0 saturated carbocycles. The number of aliphatic imine (C=N–C) groups is 2. The number of methoxy groups -OCH3 is 1. The van der Waals surface area contributed by atoms with Crippen LogP contribution in [0.3, 0.4) is 0 Å². The molecule has 1 aromatic rings. The van der Waals surface area contributed by atoms with Gasteiger partial charge in [-0.25, -0.2) is 14.6 Å². The summed E-state index contributed by atoms with van der Waals surface area (Å²) < 4.78 is 4.91. The fourth-order valence-corrected chi connectivity index (χ4v) is 3.20. The van der Waals surface area contributed by atoms with Crippen molar-refractivity contribution in [1.29, 1.82) is 5.26 Å². The van der Waals surface area contributed by atoms with Gasteiger partial charge in [0.25, 0.3) is 0 Å². The summed E-state index contributed by atoms with van der Waals surface area (Å²) in [6, 6.07) is 0. The first-order valence-corrected chi connectivity index (χ1v) is 11.0. The van der Waals surface area contributed by atoms with Crippen LogP contribution in [0.5, 0.6) is 0 Å². The molecule has 0 amide bonds. The molecule has 0 saturated heterocycles. The van der Waals surface area contributed by atoms with E-state index in [0.717, 1.165) is 22.3 Å². The van der Waals surface area contributed by atoms with Gasteiger partial charge in [-0.2, -0.15) is 17.0 Å². The smallest absolute Gasteiger partial charge is 0.328 e. The Hall–Kier alpha value is -3.35. The molecule has 0 aromatic carbocycles. The molecule has 176 valence electrons. The van der Waals surface area contributed by atoms with Crippen molar-refractivity contribution in [2.45, 2.75) is 5.75 Å². The quantitative estimate of drug-likeness (QED) is 0.0809. The minimum Gasteiger partial charge on any atom is -0.478 e. The van der Waals surface area contributed by atoms with Crippen molar-refractivity contribution in [3.05, 3.63) is 23.2 Å². The van der Waals surface area contributed by atoms with E-state index in [1.807, 2.05) is 5.38 Å². The number of rotatable bonds is 11. The van der Waals surface area contributed by atoms with Crippen LogP contribution in [-0.2, 0) is 20.1 Å². The van der Waals surface area contributed by atoms with Gasteiger partial charge in [0.15, 0.2) is 11.1 Å². The summed E-state index contributed by atoms with van der Waals surface area (Å²) in [7, 11) is 3.33. The van der Waals surface area contributed by atoms with E-state index in [9.17, 15) is 9.59 Å². The minimum atomic E-state index is -1.26. The van der Waals surface area contributed by atoms with Crippen molar-refractivity contribution in [2.24, 2.45) is 15.7 Å². The lowest BCUT2D eigenvalue weighted by Gasteiger charge is -2.06. The molecule has 32 heavy (non-hydrogen) atoms. The molecule has 0 bridgehead atoms. The van der Waals surface area contributed by atoms with E-state index in [4.69, 9.17) is 25.9 Å². The Morgan fingerprint density at radius 2 is 2.09 bits per heavy atom. The summed E-state index contributed by atoms with van der Waals surface area (Å²) in [5, 5.41) is 35.6. The lowest BCUT2D eigenvalue weighted by molar-refractivity contribution is -0.134. The van der Waals surface area contributed by atoms with Crippen molar-refractivity contribution >= 4 is 52.1 Å². The number of nitrogens with two attached hydrogens (primary N) is 1. The third kappa shape index (κ3) is 16.4. The number of thiazole rings is 1. The van der Waals surface area contributed by atoms with E-state index in [0.29, 0.717) is 43.8 Å². The van der Waals surface area contributed by atoms with Gasteiger partial charge in [-0.05, 0) is 0 Å². The van der Waals surface area contributed by atoms with Crippen LogP contribution in [0, 0.1) is 11.5 Å². The molecular formula is C17H26N8O5S2. The maximum absolute atomic E-state index is 9.55. The first kappa shape index (κ1) is 28.6. The predicted molar refractivity (Wildman–Crippen MR) is 125 cm³/mol. The molecule has 0 radical (unpaired) electrons. The average Bonchev–Trinajstić information content (AvgIpc) is 3.19. The maximum atomic E-state index is 9.55. The second kappa shape index (κ2) is 18.4. The summed E-state index contributed by atoms with van der Waals surface area (Å²) in [5.74, 6) is -0.0415. The number of anilines is 1. The van der Waals surface area contributed by atoms with E-state index in [2.05, 4.69) is 30.9 Å². The van der Waals surface area contributed by atoms with Crippen LogP contribution in [-0.4, -0.2) is 78.7 Å². The van der Waals surface area contributed by atoms with Gasteiger partial charge in [-0.1, -0.05) is 0 Å². The van der Waals surface area contributed by atoms with Crippen molar-refractivity contribution in [2.75, 3.05) is 44.9 Å². The van der Waals surface area contributed by atoms with Crippen molar-refractivity contribution in [1.82, 2.24) is 15.6 Å². The number of nitrogens with zero attached hydrogens (tertiary/aromatic N) is 4. The first-order valence-electron chi connectivity index (χ1n) is 8.92.